The Morgan fingerprint density at radius 1 is 1.20 bits per heavy atom. The molecule has 1 saturated heterocycles. The van der Waals surface area contributed by atoms with E-state index in [1.54, 1.807) is 12.1 Å². The molecule has 2 aliphatic rings. The number of pyridine rings is 1. The molecule has 6 nitrogen and oxygen atoms in total. The SMILES string of the molecule is NC(=O)c1cc(OC2CCCN(C(=O)CC3CCCCC3)C2)ccn1. The summed E-state index contributed by atoms with van der Waals surface area (Å²) in [5, 5.41) is 0. The van der Waals surface area contributed by atoms with Crippen molar-refractivity contribution >= 4 is 11.8 Å². The van der Waals surface area contributed by atoms with Gasteiger partial charge in [0, 0.05) is 25.2 Å². The zero-order valence-corrected chi connectivity index (χ0v) is 14.7. The number of hydrogen-bond acceptors (Lipinski definition) is 4. The highest BCUT2D eigenvalue weighted by Crippen LogP contribution is 2.27. The lowest BCUT2D eigenvalue weighted by molar-refractivity contribution is -0.135. The molecular weight excluding hydrogens is 318 g/mol. The van der Waals surface area contributed by atoms with Gasteiger partial charge in [0.15, 0.2) is 0 Å². The predicted octanol–water partition coefficient (Wildman–Crippen LogP) is 2.52. The van der Waals surface area contributed by atoms with Crippen LogP contribution in [0.3, 0.4) is 0 Å². The van der Waals surface area contributed by atoms with Gasteiger partial charge in [-0.2, -0.15) is 0 Å². The Morgan fingerprint density at radius 3 is 2.76 bits per heavy atom. The van der Waals surface area contributed by atoms with E-state index >= 15 is 0 Å². The van der Waals surface area contributed by atoms with E-state index in [1.165, 1.54) is 38.3 Å². The minimum Gasteiger partial charge on any atom is -0.488 e. The van der Waals surface area contributed by atoms with Gasteiger partial charge in [-0.3, -0.25) is 14.6 Å². The maximum absolute atomic E-state index is 12.6. The molecule has 2 fully saturated rings. The molecule has 2 amide bonds. The van der Waals surface area contributed by atoms with Crippen molar-refractivity contribution in [3.05, 3.63) is 24.0 Å². The number of rotatable bonds is 5. The van der Waals surface area contributed by atoms with Gasteiger partial charge in [-0.25, -0.2) is 0 Å². The topological polar surface area (TPSA) is 85.5 Å². The zero-order chi connectivity index (χ0) is 17.6. The first kappa shape index (κ1) is 17.7. The number of carbonyl (C=O) groups excluding carboxylic acids is 2. The number of ether oxygens (including phenoxy) is 1. The number of likely N-dealkylation sites (tertiary alicyclic amines) is 1. The van der Waals surface area contributed by atoms with E-state index in [0.717, 1.165) is 19.4 Å². The van der Waals surface area contributed by atoms with Crippen molar-refractivity contribution in [3.63, 3.8) is 0 Å². The first-order valence-electron chi connectivity index (χ1n) is 9.32. The zero-order valence-electron chi connectivity index (χ0n) is 14.7. The second-order valence-corrected chi connectivity index (χ2v) is 7.17. The first-order chi connectivity index (χ1) is 12.1. The number of hydrogen-bond donors (Lipinski definition) is 1. The summed E-state index contributed by atoms with van der Waals surface area (Å²) in [4.78, 5) is 29.7. The quantitative estimate of drug-likeness (QED) is 0.888. The molecule has 2 heterocycles. The predicted molar refractivity (Wildman–Crippen MR) is 94.2 cm³/mol. The summed E-state index contributed by atoms with van der Waals surface area (Å²) in [6.07, 6.45) is 10.2. The molecule has 0 spiro atoms. The molecule has 1 aromatic heterocycles. The molecule has 1 unspecified atom stereocenters. The lowest BCUT2D eigenvalue weighted by Crippen LogP contribution is -2.44. The number of nitrogens with zero attached hydrogens (tertiary/aromatic N) is 2. The van der Waals surface area contributed by atoms with Gasteiger partial charge in [-0.05, 0) is 37.7 Å². The summed E-state index contributed by atoms with van der Waals surface area (Å²) in [5.41, 5.74) is 5.45. The molecule has 1 saturated carbocycles. The van der Waals surface area contributed by atoms with Crippen molar-refractivity contribution in [1.29, 1.82) is 0 Å². The number of piperidine rings is 1. The third-order valence-corrected chi connectivity index (χ3v) is 5.21. The average molecular weight is 345 g/mol. The molecule has 0 aromatic carbocycles. The van der Waals surface area contributed by atoms with E-state index in [4.69, 9.17) is 10.5 Å². The standard InChI is InChI=1S/C19H27N3O3/c20-19(24)17-12-15(8-9-21-17)25-16-7-4-10-22(13-16)18(23)11-14-5-2-1-3-6-14/h8-9,12,14,16H,1-7,10-11,13H2,(H2,20,24). The molecular formula is C19H27N3O3. The van der Waals surface area contributed by atoms with Crippen molar-refractivity contribution in [2.45, 2.75) is 57.5 Å². The van der Waals surface area contributed by atoms with Crippen LogP contribution in [0, 0.1) is 5.92 Å². The highest BCUT2D eigenvalue weighted by Gasteiger charge is 2.27. The summed E-state index contributed by atoms with van der Waals surface area (Å²) in [7, 11) is 0. The first-order valence-corrected chi connectivity index (χ1v) is 9.32. The Morgan fingerprint density at radius 2 is 2.00 bits per heavy atom. The number of amides is 2. The van der Waals surface area contributed by atoms with Gasteiger partial charge in [0.25, 0.3) is 5.91 Å². The molecule has 0 bridgehead atoms. The second kappa shape index (κ2) is 8.32. The van der Waals surface area contributed by atoms with Crippen molar-refractivity contribution < 1.29 is 14.3 Å². The van der Waals surface area contributed by atoms with Crippen LogP contribution in [-0.2, 0) is 4.79 Å². The van der Waals surface area contributed by atoms with Crippen LogP contribution in [0.5, 0.6) is 5.75 Å². The minimum absolute atomic E-state index is 0.0489. The van der Waals surface area contributed by atoms with Crippen molar-refractivity contribution in [2.24, 2.45) is 11.7 Å². The molecule has 6 heteroatoms. The Kier molecular flexibility index (Phi) is 5.89. The highest BCUT2D eigenvalue weighted by molar-refractivity contribution is 5.91. The smallest absolute Gasteiger partial charge is 0.267 e. The summed E-state index contributed by atoms with van der Waals surface area (Å²) >= 11 is 0. The molecule has 2 N–H and O–H groups in total. The minimum atomic E-state index is -0.571. The number of nitrogens with two attached hydrogens (primary N) is 1. The number of aromatic nitrogens is 1. The van der Waals surface area contributed by atoms with Crippen LogP contribution in [0.4, 0.5) is 0 Å². The lowest BCUT2D eigenvalue weighted by atomic mass is 9.86. The van der Waals surface area contributed by atoms with Crippen LogP contribution in [0.25, 0.3) is 0 Å². The Labute approximate surface area is 148 Å². The Bertz CT molecular complexity index is 614. The Hall–Kier alpha value is -2.11. The second-order valence-electron chi connectivity index (χ2n) is 7.17. The van der Waals surface area contributed by atoms with Gasteiger partial charge in [0.05, 0.1) is 6.54 Å². The molecule has 1 aliphatic carbocycles. The van der Waals surface area contributed by atoms with Crippen LogP contribution in [0.1, 0.15) is 61.9 Å². The molecule has 3 rings (SSSR count). The number of primary amides is 1. The molecule has 0 radical (unpaired) electrons. The van der Waals surface area contributed by atoms with Gasteiger partial charge in [-0.1, -0.05) is 19.3 Å². The van der Waals surface area contributed by atoms with Crippen LogP contribution < -0.4 is 10.5 Å². The van der Waals surface area contributed by atoms with Gasteiger partial charge in [0.2, 0.25) is 5.91 Å². The fraction of sp³-hybridized carbons (Fsp3) is 0.632. The van der Waals surface area contributed by atoms with Gasteiger partial charge in [-0.15, -0.1) is 0 Å². The maximum atomic E-state index is 12.6. The summed E-state index contributed by atoms with van der Waals surface area (Å²) in [5.74, 6) is 0.822. The van der Waals surface area contributed by atoms with Crippen LogP contribution >= 0.6 is 0 Å². The van der Waals surface area contributed by atoms with Crippen LogP contribution in [-0.4, -0.2) is 40.9 Å². The maximum Gasteiger partial charge on any atom is 0.267 e. The van der Waals surface area contributed by atoms with E-state index in [0.29, 0.717) is 24.6 Å². The van der Waals surface area contributed by atoms with E-state index in [-0.39, 0.29) is 17.7 Å². The number of carbonyl (C=O) groups is 2. The third kappa shape index (κ3) is 4.94. The molecule has 25 heavy (non-hydrogen) atoms. The van der Waals surface area contributed by atoms with E-state index < -0.39 is 5.91 Å². The average Bonchev–Trinajstić information content (AvgIpc) is 2.63. The molecule has 136 valence electrons. The molecule has 1 atom stereocenters. The fourth-order valence-electron chi connectivity index (χ4n) is 3.84. The van der Waals surface area contributed by atoms with Gasteiger partial charge >= 0.3 is 0 Å². The van der Waals surface area contributed by atoms with E-state index in [1.807, 2.05) is 4.90 Å². The van der Waals surface area contributed by atoms with Gasteiger partial charge in [0.1, 0.15) is 17.5 Å². The van der Waals surface area contributed by atoms with Gasteiger partial charge < -0.3 is 15.4 Å². The fourth-order valence-corrected chi connectivity index (χ4v) is 3.84. The third-order valence-electron chi connectivity index (χ3n) is 5.21. The summed E-state index contributed by atoms with van der Waals surface area (Å²) < 4.78 is 5.97. The molecule has 1 aliphatic heterocycles. The normalized spacial score (nSPS) is 21.8. The summed E-state index contributed by atoms with van der Waals surface area (Å²) in [6, 6.07) is 3.28. The highest BCUT2D eigenvalue weighted by atomic mass is 16.5. The van der Waals surface area contributed by atoms with Crippen LogP contribution in [0.2, 0.25) is 0 Å². The monoisotopic (exact) mass is 345 g/mol. The van der Waals surface area contributed by atoms with Crippen LogP contribution in [0.15, 0.2) is 18.3 Å². The lowest BCUT2D eigenvalue weighted by Gasteiger charge is -2.34. The van der Waals surface area contributed by atoms with E-state index in [2.05, 4.69) is 4.98 Å². The Balaban J connectivity index is 1.54. The summed E-state index contributed by atoms with van der Waals surface area (Å²) in [6.45, 7) is 1.42. The largest absolute Gasteiger partial charge is 0.488 e. The van der Waals surface area contributed by atoms with Crippen molar-refractivity contribution in [3.8, 4) is 5.75 Å². The molecule has 1 aromatic rings. The van der Waals surface area contributed by atoms with Crippen molar-refractivity contribution in [2.75, 3.05) is 13.1 Å². The van der Waals surface area contributed by atoms with E-state index in [9.17, 15) is 9.59 Å². The van der Waals surface area contributed by atoms with Crippen molar-refractivity contribution in [1.82, 2.24) is 9.88 Å².